The lowest BCUT2D eigenvalue weighted by Crippen LogP contribution is -2.25. The zero-order valence-corrected chi connectivity index (χ0v) is 10.0. The summed E-state index contributed by atoms with van der Waals surface area (Å²) in [6.07, 6.45) is 1.04. The molecule has 2 aromatic rings. The van der Waals surface area contributed by atoms with Crippen molar-refractivity contribution in [1.82, 2.24) is 0 Å². The van der Waals surface area contributed by atoms with Crippen LogP contribution in [0.4, 0.5) is 0 Å². The van der Waals surface area contributed by atoms with Gasteiger partial charge in [0.25, 0.3) is 0 Å². The van der Waals surface area contributed by atoms with E-state index in [4.69, 9.17) is 5.73 Å². The molecule has 0 radical (unpaired) electrons. The number of fused-ring (bicyclic) bond motifs is 1. The van der Waals surface area contributed by atoms with Gasteiger partial charge < -0.3 is 5.73 Å². The predicted molar refractivity (Wildman–Crippen MR) is 70.5 cm³/mol. The lowest BCUT2D eigenvalue weighted by molar-refractivity contribution is 0.377. The van der Waals surface area contributed by atoms with Gasteiger partial charge in [-0.2, -0.15) is 0 Å². The maximum absolute atomic E-state index is 5.77. The zero-order valence-electron chi connectivity index (χ0n) is 10.0. The Bertz CT molecular complexity index is 486. The third-order valence-electron chi connectivity index (χ3n) is 3.05. The fourth-order valence-corrected chi connectivity index (χ4v) is 1.97. The minimum atomic E-state index is 0.183. The van der Waals surface area contributed by atoms with Crippen LogP contribution in [0, 0.1) is 5.41 Å². The maximum Gasteiger partial charge on any atom is -0.00226 e. The summed E-state index contributed by atoms with van der Waals surface area (Å²) in [6, 6.07) is 15.1. The van der Waals surface area contributed by atoms with Gasteiger partial charge in [-0.1, -0.05) is 56.3 Å². The van der Waals surface area contributed by atoms with E-state index in [0.29, 0.717) is 0 Å². The highest BCUT2D eigenvalue weighted by atomic mass is 14.6. The first-order valence-corrected chi connectivity index (χ1v) is 5.78. The maximum atomic E-state index is 5.77. The average molecular weight is 213 g/mol. The largest absolute Gasteiger partial charge is 0.330 e. The van der Waals surface area contributed by atoms with Crippen LogP contribution in [0.2, 0.25) is 0 Å². The molecule has 0 aliphatic rings. The van der Waals surface area contributed by atoms with Crippen molar-refractivity contribution >= 4 is 10.8 Å². The van der Waals surface area contributed by atoms with Gasteiger partial charge in [0.2, 0.25) is 0 Å². The van der Waals surface area contributed by atoms with Crippen LogP contribution in [0.1, 0.15) is 19.4 Å². The predicted octanol–water partition coefficient (Wildman–Crippen LogP) is 3.37. The molecular formula is C15H19N. The van der Waals surface area contributed by atoms with Crippen LogP contribution in [0.25, 0.3) is 10.8 Å². The molecule has 1 heteroatoms. The first kappa shape index (κ1) is 11.2. The number of nitrogens with two attached hydrogens (primary N) is 1. The van der Waals surface area contributed by atoms with E-state index in [1.807, 2.05) is 0 Å². The Balaban J connectivity index is 2.33. The lowest BCUT2D eigenvalue weighted by atomic mass is 9.85. The molecule has 0 bridgehead atoms. The van der Waals surface area contributed by atoms with Gasteiger partial charge in [0.1, 0.15) is 0 Å². The molecule has 2 N–H and O–H groups in total. The SMILES string of the molecule is CC(C)(CN)Cc1ccc2ccccc2c1. The molecule has 0 unspecified atom stereocenters. The highest BCUT2D eigenvalue weighted by Gasteiger charge is 2.16. The van der Waals surface area contributed by atoms with E-state index in [1.165, 1.54) is 16.3 Å². The Morgan fingerprint density at radius 1 is 1.00 bits per heavy atom. The van der Waals surface area contributed by atoms with Crippen LogP contribution < -0.4 is 5.73 Å². The quantitative estimate of drug-likeness (QED) is 0.831. The number of hydrogen-bond donors (Lipinski definition) is 1. The van der Waals surface area contributed by atoms with Crippen LogP contribution in [0.3, 0.4) is 0 Å². The second-order valence-electron chi connectivity index (χ2n) is 5.23. The Kier molecular flexibility index (Phi) is 2.97. The van der Waals surface area contributed by atoms with Crippen LogP contribution >= 0.6 is 0 Å². The van der Waals surface area contributed by atoms with E-state index in [1.54, 1.807) is 0 Å². The van der Waals surface area contributed by atoms with Gasteiger partial charge in [0.15, 0.2) is 0 Å². The highest BCUT2D eigenvalue weighted by Crippen LogP contribution is 2.23. The van der Waals surface area contributed by atoms with Crippen molar-refractivity contribution in [3.8, 4) is 0 Å². The summed E-state index contributed by atoms with van der Waals surface area (Å²) in [6.45, 7) is 5.14. The molecule has 1 nitrogen and oxygen atoms in total. The Labute approximate surface area is 97.3 Å². The summed E-state index contributed by atoms with van der Waals surface area (Å²) in [5, 5.41) is 2.62. The first-order valence-electron chi connectivity index (χ1n) is 5.78. The van der Waals surface area contributed by atoms with Crippen molar-refractivity contribution in [2.45, 2.75) is 20.3 Å². The summed E-state index contributed by atoms with van der Waals surface area (Å²) >= 11 is 0. The molecule has 0 atom stereocenters. The molecule has 2 rings (SSSR count). The van der Waals surface area contributed by atoms with Gasteiger partial charge >= 0.3 is 0 Å². The van der Waals surface area contributed by atoms with Crippen molar-refractivity contribution in [3.63, 3.8) is 0 Å². The molecule has 0 heterocycles. The topological polar surface area (TPSA) is 26.0 Å². The van der Waals surface area contributed by atoms with E-state index < -0.39 is 0 Å². The van der Waals surface area contributed by atoms with Crippen LogP contribution in [0.15, 0.2) is 42.5 Å². The van der Waals surface area contributed by atoms with Gasteiger partial charge in [-0.3, -0.25) is 0 Å². The first-order chi connectivity index (χ1) is 7.61. The fraction of sp³-hybridized carbons (Fsp3) is 0.333. The monoisotopic (exact) mass is 213 g/mol. The van der Waals surface area contributed by atoms with E-state index in [0.717, 1.165) is 13.0 Å². The fourth-order valence-electron chi connectivity index (χ4n) is 1.97. The Morgan fingerprint density at radius 2 is 1.69 bits per heavy atom. The van der Waals surface area contributed by atoms with Crippen molar-refractivity contribution in [1.29, 1.82) is 0 Å². The van der Waals surface area contributed by atoms with E-state index >= 15 is 0 Å². The van der Waals surface area contributed by atoms with Crippen molar-refractivity contribution in [2.75, 3.05) is 6.54 Å². The van der Waals surface area contributed by atoms with E-state index in [9.17, 15) is 0 Å². The van der Waals surface area contributed by atoms with Gasteiger partial charge in [-0.05, 0) is 34.7 Å². The van der Waals surface area contributed by atoms with Gasteiger partial charge in [-0.25, -0.2) is 0 Å². The van der Waals surface area contributed by atoms with Crippen molar-refractivity contribution < 1.29 is 0 Å². The third-order valence-corrected chi connectivity index (χ3v) is 3.05. The van der Waals surface area contributed by atoms with Crippen LogP contribution in [0.5, 0.6) is 0 Å². The van der Waals surface area contributed by atoms with Gasteiger partial charge in [-0.15, -0.1) is 0 Å². The number of benzene rings is 2. The Hall–Kier alpha value is -1.34. The summed E-state index contributed by atoms with van der Waals surface area (Å²) in [7, 11) is 0. The molecule has 2 aromatic carbocycles. The molecule has 0 amide bonds. The standard InChI is InChI=1S/C15H19N/c1-15(2,11-16)10-12-7-8-13-5-3-4-6-14(13)9-12/h3-9H,10-11,16H2,1-2H3. The highest BCUT2D eigenvalue weighted by molar-refractivity contribution is 5.82. The second-order valence-corrected chi connectivity index (χ2v) is 5.23. The summed E-state index contributed by atoms with van der Waals surface area (Å²) in [5.41, 5.74) is 7.32. The number of rotatable bonds is 3. The molecular weight excluding hydrogens is 194 g/mol. The Morgan fingerprint density at radius 3 is 2.38 bits per heavy atom. The minimum absolute atomic E-state index is 0.183. The molecule has 0 saturated heterocycles. The minimum Gasteiger partial charge on any atom is -0.330 e. The van der Waals surface area contributed by atoms with Gasteiger partial charge in [0.05, 0.1) is 0 Å². The van der Waals surface area contributed by atoms with Crippen molar-refractivity contribution in [2.24, 2.45) is 11.1 Å². The molecule has 0 fully saturated rings. The molecule has 0 saturated carbocycles. The molecule has 0 aliphatic carbocycles. The molecule has 0 spiro atoms. The average Bonchev–Trinajstić information content (AvgIpc) is 2.28. The molecule has 84 valence electrons. The normalized spacial score (nSPS) is 11.9. The van der Waals surface area contributed by atoms with Crippen LogP contribution in [-0.2, 0) is 6.42 Å². The van der Waals surface area contributed by atoms with E-state index in [-0.39, 0.29) is 5.41 Å². The zero-order chi connectivity index (χ0) is 11.6. The molecule has 16 heavy (non-hydrogen) atoms. The van der Waals surface area contributed by atoms with E-state index in [2.05, 4.69) is 56.3 Å². The lowest BCUT2D eigenvalue weighted by Gasteiger charge is -2.22. The summed E-state index contributed by atoms with van der Waals surface area (Å²) < 4.78 is 0. The number of hydrogen-bond acceptors (Lipinski definition) is 1. The smallest absolute Gasteiger partial charge is 0.00226 e. The summed E-state index contributed by atoms with van der Waals surface area (Å²) in [5.74, 6) is 0. The molecule has 0 aromatic heterocycles. The second kappa shape index (κ2) is 4.26. The van der Waals surface area contributed by atoms with Gasteiger partial charge in [0, 0.05) is 0 Å². The molecule has 0 aliphatic heterocycles. The summed E-state index contributed by atoms with van der Waals surface area (Å²) in [4.78, 5) is 0. The third kappa shape index (κ3) is 2.42. The van der Waals surface area contributed by atoms with Crippen LogP contribution in [-0.4, -0.2) is 6.54 Å². The van der Waals surface area contributed by atoms with Crippen molar-refractivity contribution in [3.05, 3.63) is 48.0 Å².